The number of amides is 1. The SMILES string of the molecule is COC(=O)C1CCN(C(=O)Cc2ccc(F)c(F)c2)C1. The summed E-state index contributed by atoms with van der Waals surface area (Å²) >= 11 is 0. The molecule has 1 unspecified atom stereocenters. The molecule has 1 saturated heterocycles. The monoisotopic (exact) mass is 283 g/mol. The highest BCUT2D eigenvalue weighted by molar-refractivity contribution is 5.81. The molecule has 4 nitrogen and oxygen atoms in total. The smallest absolute Gasteiger partial charge is 0.310 e. The van der Waals surface area contributed by atoms with Gasteiger partial charge in [-0.3, -0.25) is 9.59 Å². The molecule has 0 aliphatic carbocycles. The van der Waals surface area contributed by atoms with E-state index in [-0.39, 0.29) is 24.2 Å². The summed E-state index contributed by atoms with van der Waals surface area (Å²) in [4.78, 5) is 24.9. The zero-order chi connectivity index (χ0) is 14.7. The van der Waals surface area contributed by atoms with Crippen LogP contribution in [0.5, 0.6) is 0 Å². The maximum Gasteiger partial charge on any atom is 0.310 e. The van der Waals surface area contributed by atoms with Gasteiger partial charge >= 0.3 is 5.97 Å². The van der Waals surface area contributed by atoms with Gasteiger partial charge in [-0.05, 0) is 24.1 Å². The van der Waals surface area contributed by atoms with Crippen LogP contribution in [-0.2, 0) is 20.7 Å². The van der Waals surface area contributed by atoms with E-state index in [2.05, 4.69) is 4.74 Å². The fourth-order valence-corrected chi connectivity index (χ4v) is 2.28. The van der Waals surface area contributed by atoms with Crippen molar-refractivity contribution in [1.29, 1.82) is 0 Å². The number of ether oxygens (including phenoxy) is 1. The zero-order valence-electron chi connectivity index (χ0n) is 11.1. The van der Waals surface area contributed by atoms with E-state index < -0.39 is 11.6 Å². The lowest BCUT2D eigenvalue weighted by Gasteiger charge is -2.16. The second-order valence-electron chi connectivity index (χ2n) is 4.77. The second-order valence-corrected chi connectivity index (χ2v) is 4.77. The summed E-state index contributed by atoms with van der Waals surface area (Å²) < 4.78 is 30.5. The number of hydrogen-bond acceptors (Lipinski definition) is 3. The standard InChI is InChI=1S/C14H15F2NO3/c1-20-14(19)10-4-5-17(8-10)13(18)7-9-2-3-11(15)12(16)6-9/h2-3,6,10H,4-5,7-8H2,1H3. The molecule has 0 bridgehead atoms. The number of benzene rings is 1. The number of methoxy groups -OCH3 is 1. The molecule has 108 valence electrons. The second kappa shape index (κ2) is 5.98. The van der Waals surface area contributed by atoms with Crippen molar-refractivity contribution in [2.75, 3.05) is 20.2 Å². The summed E-state index contributed by atoms with van der Waals surface area (Å²) in [5.41, 5.74) is 0.412. The molecule has 1 aliphatic rings. The summed E-state index contributed by atoms with van der Waals surface area (Å²) in [6.07, 6.45) is 0.557. The van der Waals surface area contributed by atoms with E-state index in [0.717, 1.165) is 12.1 Å². The van der Waals surface area contributed by atoms with Gasteiger partial charge in [-0.2, -0.15) is 0 Å². The van der Waals surface area contributed by atoms with Gasteiger partial charge in [-0.1, -0.05) is 6.07 Å². The number of halogens is 2. The molecule has 1 aliphatic heterocycles. The van der Waals surface area contributed by atoms with Gasteiger partial charge in [-0.15, -0.1) is 0 Å². The Balaban J connectivity index is 1.96. The fraction of sp³-hybridized carbons (Fsp3) is 0.429. The molecular formula is C14H15F2NO3. The molecule has 6 heteroatoms. The highest BCUT2D eigenvalue weighted by atomic mass is 19.2. The lowest BCUT2D eigenvalue weighted by atomic mass is 10.1. The Kier molecular flexibility index (Phi) is 4.32. The first kappa shape index (κ1) is 14.4. The molecule has 0 saturated carbocycles. The first-order valence-corrected chi connectivity index (χ1v) is 6.30. The molecule has 1 aromatic rings. The van der Waals surface area contributed by atoms with Crippen LogP contribution in [0.4, 0.5) is 8.78 Å². The minimum Gasteiger partial charge on any atom is -0.469 e. The third-order valence-corrected chi connectivity index (χ3v) is 3.41. The van der Waals surface area contributed by atoms with Crippen LogP contribution in [0.3, 0.4) is 0 Å². The van der Waals surface area contributed by atoms with Gasteiger partial charge in [-0.25, -0.2) is 8.78 Å². The van der Waals surface area contributed by atoms with Gasteiger partial charge in [0, 0.05) is 13.1 Å². The molecule has 1 atom stereocenters. The molecule has 0 aromatic heterocycles. The van der Waals surface area contributed by atoms with Crippen LogP contribution in [0.25, 0.3) is 0 Å². The Labute approximate surface area is 115 Å². The highest BCUT2D eigenvalue weighted by Gasteiger charge is 2.31. The molecular weight excluding hydrogens is 268 g/mol. The van der Waals surface area contributed by atoms with Crippen molar-refractivity contribution in [2.45, 2.75) is 12.8 Å². The van der Waals surface area contributed by atoms with Crippen LogP contribution >= 0.6 is 0 Å². The molecule has 1 heterocycles. The van der Waals surface area contributed by atoms with E-state index in [1.54, 1.807) is 4.90 Å². The first-order valence-electron chi connectivity index (χ1n) is 6.30. The zero-order valence-corrected chi connectivity index (χ0v) is 11.1. The maximum absolute atomic E-state index is 13.1. The van der Waals surface area contributed by atoms with Crippen molar-refractivity contribution in [3.8, 4) is 0 Å². The Morgan fingerprint density at radius 1 is 1.35 bits per heavy atom. The van der Waals surface area contributed by atoms with Crippen LogP contribution in [0.15, 0.2) is 18.2 Å². The summed E-state index contributed by atoms with van der Waals surface area (Å²) in [6, 6.07) is 3.39. The molecule has 2 rings (SSSR count). The van der Waals surface area contributed by atoms with Crippen molar-refractivity contribution in [1.82, 2.24) is 4.90 Å². The van der Waals surface area contributed by atoms with E-state index >= 15 is 0 Å². The third-order valence-electron chi connectivity index (χ3n) is 3.41. The number of esters is 1. The Bertz CT molecular complexity index is 533. The lowest BCUT2D eigenvalue weighted by Crippen LogP contribution is -2.31. The number of carbonyl (C=O) groups excluding carboxylic acids is 2. The van der Waals surface area contributed by atoms with Crippen LogP contribution in [0, 0.1) is 17.6 Å². The van der Waals surface area contributed by atoms with Crippen LogP contribution < -0.4 is 0 Å². The summed E-state index contributed by atoms with van der Waals surface area (Å²) in [7, 11) is 1.31. The van der Waals surface area contributed by atoms with Crippen molar-refractivity contribution in [3.05, 3.63) is 35.4 Å². The molecule has 0 spiro atoms. The minimum atomic E-state index is -0.968. The van der Waals surface area contributed by atoms with Gasteiger partial charge in [0.1, 0.15) is 0 Å². The summed E-state index contributed by atoms with van der Waals surface area (Å²) in [6.45, 7) is 0.789. The van der Waals surface area contributed by atoms with Gasteiger partial charge in [0.2, 0.25) is 5.91 Å². The van der Waals surface area contributed by atoms with Crippen molar-refractivity contribution < 1.29 is 23.1 Å². The quantitative estimate of drug-likeness (QED) is 0.790. The predicted octanol–water partition coefficient (Wildman–Crippen LogP) is 1.53. The number of rotatable bonds is 3. The molecule has 1 aromatic carbocycles. The van der Waals surface area contributed by atoms with Crippen molar-refractivity contribution in [3.63, 3.8) is 0 Å². The molecule has 1 amide bonds. The van der Waals surface area contributed by atoms with E-state index in [9.17, 15) is 18.4 Å². The number of hydrogen-bond donors (Lipinski definition) is 0. The van der Waals surface area contributed by atoms with E-state index in [1.165, 1.54) is 13.2 Å². The number of nitrogens with zero attached hydrogens (tertiary/aromatic N) is 1. The Morgan fingerprint density at radius 2 is 2.10 bits per heavy atom. The van der Waals surface area contributed by atoms with Gasteiger partial charge < -0.3 is 9.64 Å². The Hall–Kier alpha value is -1.98. The summed E-state index contributed by atoms with van der Waals surface area (Å²) in [5, 5.41) is 0. The predicted molar refractivity (Wildman–Crippen MR) is 66.8 cm³/mol. The molecule has 0 N–H and O–H groups in total. The fourth-order valence-electron chi connectivity index (χ4n) is 2.28. The highest BCUT2D eigenvalue weighted by Crippen LogP contribution is 2.19. The topological polar surface area (TPSA) is 46.6 Å². The van der Waals surface area contributed by atoms with E-state index in [0.29, 0.717) is 25.1 Å². The molecule has 1 fully saturated rings. The van der Waals surface area contributed by atoms with Gasteiger partial charge in [0.15, 0.2) is 11.6 Å². The first-order chi connectivity index (χ1) is 9.51. The third kappa shape index (κ3) is 3.12. The van der Waals surface area contributed by atoms with E-state index in [1.807, 2.05) is 0 Å². The van der Waals surface area contributed by atoms with Crippen LogP contribution in [-0.4, -0.2) is 37.0 Å². The van der Waals surface area contributed by atoms with Crippen molar-refractivity contribution in [2.24, 2.45) is 5.92 Å². The minimum absolute atomic E-state index is 0.00884. The Morgan fingerprint density at radius 3 is 2.75 bits per heavy atom. The molecule has 20 heavy (non-hydrogen) atoms. The average molecular weight is 283 g/mol. The van der Waals surface area contributed by atoms with Gasteiger partial charge in [0.05, 0.1) is 19.4 Å². The summed E-state index contributed by atoms with van der Waals surface area (Å²) in [5.74, 6) is -2.73. The number of likely N-dealkylation sites (tertiary alicyclic amines) is 1. The largest absolute Gasteiger partial charge is 0.469 e. The maximum atomic E-state index is 13.1. The lowest BCUT2D eigenvalue weighted by molar-refractivity contribution is -0.145. The van der Waals surface area contributed by atoms with Crippen molar-refractivity contribution >= 4 is 11.9 Å². The molecule has 0 radical (unpaired) electrons. The average Bonchev–Trinajstić information content (AvgIpc) is 2.92. The van der Waals surface area contributed by atoms with Gasteiger partial charge in [0.25, 0.3) is 0 Å². The normalized spacial score (nSPS) is 18.1. The van der Waals surface area contributed by atoms with Crippen LogP contribution in [0.2, 0.25) is 0 Å². The van der Waals surface area contributed by atoms with Crippen LogP contribution in [0.1, 0.15) is 12.0 Å². The number of carbonyl (C=O) groups is 2. The van der Waals surface area contributed by atoms with E-state index in [4.69, 9.17) is 0 Å².